The second kappa shape index (κ2) is 6.27. The highest BCUT2D eigenvalue weighted by atomic mass is 16.5. The van der Waals surface area contributed by atoms with Crippen molar-refractivity contribution in [2.45, 2.75) is 0 Å². The van der Waals surface area contributed by atoms with Gasteiger partial charge in [0.25, 0.3) is 5.89 Å². The van der Waals surface area contributed by atoms with Gasteiger partial charge in [0.05, 0.1) is 25.3 Å². The number of aromatic nitrogens is 3. The molecule has 0 atom stereocenters. The summed E-state index contributed by atoms with van der Waals surface area (Å²) in [5.41, 5.74) is 1.46. The summed E-state index contributed by atoms with van der Waals surface area (Å²) in [5, 5.41) is 3.91. The molecule has 0 saturated carbocycles. The summed E-state index contributed by atoms with van der Waals surface area (Å²) in [4.78, 5) is 20.2. The number of nitrogens with zero attached hydrogens (tertiary/aromatic N) is 3. The number of methoxy groups -OCH3 is 2. The highest BCUT2D eigenvalue weighted by Gasteiger charge is 2.18. The molecule has 0 bridgehead atoms. The fourth-order valence-corrected chi connectivity index (χ4v) is 2.05. The Morgan fingerprint density at radius 3 is 2.74 bits per heavy atom. The summed E-state index contributed by atoms with van der Waals surface area (Å²) in [6, 6.07) is 10.2. The molecule has 0 N–H and O–H groups in total. The van der Waals surface area contributed by atoms with E-state index in [0.717, 1.165) is 0 Å². The van der Waals surface area contributed by atoms with E-state index in [1.807, 2.05) is 6.07 Å². The zero-order valence-corrected chi connectivity index (χ0v) is 12.5. The van der Waals surface area contributed by atoms with Crippen LogP contribution >= 0.6 is 0 Å². The molecule has 0 spiro atoms. The third-order valence-electron chi connectivity index (χ3n) is 3.17. The molecule has 0 aliphatic carbocycles. The molecule has 0 saturated heterocycles. The first-order valence-corrected chi connectivity index (χ1v) is 6.74. The topological polar surface area (TPSA) is 87.3 Å². The fraction of sp³-hybridized carbons (Fsp3) is 0.125. The van der Waals surface area contributed by atoms with Crippen molar-refractivity contribution in [2.24, 2.45) is 0 Å². The van der Waals surface area contributed by atoms with E-state index in [2.05, 4.69) is 15.1 Å². The third kappa shape index (κ3) is 2.89. The minimum atomic E-state index is -0.460. The van der Waals surface area contributed by atoms with Gasteiger partial charge in [-0.05, 0) is 30.3 Å². The molecule has 1 aromatic carbocycles. The van der Waals surface area contributed by atoms with Gasteiger partial charge in [0.15, 0.2) is 0 Å². The van der Waals surface area contributed by atoms with Crippen LogP contribution in [0.2, 0.25) is 0 Å². The van der Waals surface area contributed by atoms with Crippen LogP contribution in [0.15, 0.2) is 47.1 Å². The predicted octanol–water partition coefficient (Wildman–Crippen LogP) is 2.59. The van der Waals surface area contributed by atoms with Gasteiger partial charge in [-0.3, -0.25) is 4.98 Å². The normalized spacial score (nSPS) is 10.3. The average Bonchev–Trinajstić information content (AvgIpc) is 3.11. The standard InChI is InChI=1S/C16H13N3O4/c1-21-13-7-6-10(16(20)22-2)9-11(13)15-18-14(19-23-15)12-5-3-4-8-17-12/h3-9H,1-2H3. The van der Waals surface area contributed by atoms with Crippen LogP contribution in [-0.2, 0) is 4.74 Å². The Kier molecular flexibility index (Phi) is 4.01. The number of hydrogen-bond donors (Lipinski definition) is 0. The molecule has 7 heteroatoms. The molecule has 0 aliphatic rings. The zero-order chi connectivity index (χ0) is 16.2. The van der Waals surface area contributed by atoms with E-state index >= 15 is 0 Å². The highest BCUT2D eigenvalue weighted by molar-refractivity contribution is 5.91. The monoisotopic (exact) mass is 311 g/mol. The molecule has 0 fully saturated rings. The van der Waals surface area contributed by atoms with E-state index in [1.165, 1.54) is 14.2 Å². The number of hydrogen-bond acceptors (Lipinski definition) is 7. The Hall–Kier alpha value is -3.22. The SMILES string of the molecule is COC(=O)c1ccc(OC)c(-c2nc(-c3ccccn3)no2)c1. The van der Waals surface area contributed by atoms with Gasteiger partial charge < -0.3 is 14.0 Å². The Morgan fingerprint density at radius 1 is 1.17 bits per heavy atom. The summed E-state index contributed by atoms with van der Waals surface area (Å²) in [5.74, 6) is 0.631. The van der Waals surface area contributed by atoms with Crippen LogP contribution in [0.25, 0.3) is 23.0 Å². The predicted molar refractivity (Wildman–Crippen MR) is 80.9 cm³/mol. The number of carbonyl (C=O) groups is 1. The second-order valence-electron chi connectivity index (χ2n) is 4.54. The summed E-state index contributed by atoms with van der Waals surface area (Å²) in [6.07, 6.45) is 1.64. The van der Waals surface area contributed by atoms with E-state index in [1.54, 1.807) is 36.5 Å². The number of rotatable bonds is 4. The number of esters is 1. The van der Waals surface area contributed by atoms with E-state index in [-0.39, 0.29) is 5.89 Å². The molecule has 0 radical (unpaired) electrons. The first kappa shape index (κ1) is 14.7. The maximum absolute atomic E-state index is 11.7. The molecule has 23 heavy (non-hydrogen) atoms. The second-order valence-corrected chi connectivity index (χ2v) is 4.54. The lowest BCUT2D eigenvalue weighted by atomic mass is 10.1. The van der Waals surface area contributed by atoms with Gasteiger partial charge in [0.1, 0.15) is 11.4 Å². The molecule has 0 aliphatic heterocycles. The fourth-order valence-electron chi connectivity index (χ4n) is 2.05. The maximum Gasteiger partial charge on any atom is 0.337 e. The number of ether oxygens (including phenoxy) is 2. The van der Waals surface area contributed by atoms with Gasteiger partial charge in [0.2, 0.25) is 5.82 Å². The zero-order valence-electron chi connectivity index (χ0n) is 12.5. The van der Waals surface area contributed by atoms with Crippen molar-refractivity contribution in [3.05, 3.63) is 48.2 Å². The van der Waals surface area contributed by atoms with E-state index < -0.39 is 5.97 Å². The minimum absolute atomic E-state index is 0.230. The Labute approximate surface area is 131 Å². The smallest absolute Gasteiger partial charge is 0.337 e. The number of carbonyl (C=O) groups excluding carboxylic acids is 1. The number of benzene rings is 1. The third-order valence-corrected chi connectivity index (χ3v) is 3.17. The number of pyridine rings is 1. The van der Waals surface area contributed by atoms with Gasteiger partial charge in [-0.25, -0.2) is 4.79 Å². The van der Waals surface area contributed by atoms with Gasteiger partial charge in [-0.2, -0.15) is 4.98 Å². The van der Waals surface area contributed by atoms with Crippen molar-refractivity contribution in [1.82, 2.24) is 15.1 Å². The lowest BCUT2D eigenvalue weighted by molar-refractivity contribution is 0.0601. The van der Waals surface area contributed by atoms with E-state index in [0.29, 0.717) is 28.4 Å². The van der Waals surface area contributed by atoms with Crippen LogP contribution < -0.4 is 4.74 Å². The highest BCUT2D eigenvalue weighted by Crippen LogP contribution is 2.31. The molecule has 2 heterocycles. The van der Waals surface area contributed by atoms with Crippen LogP contribution in [-0.4, -0.2) is 35.3 Å². The van der Waals surface area contributed by atoms with Crippen molar-refractivity contribution in [2.75, 3.05) is 14.2 Å². The van der Waals surface area contributed by atoms with Crippen LogP contribution in [0.1, 0.15) is 10.4 Å². The molecule has 7 nitrogen and oxygen atoms in total. The Morgan fingerprint density at radius 2 is 2.04 bits per heavy atom. The van der Waals surface area contributed by atoms with Crippen LogP contribution in [0, 0.1) is 0 Å². The Bertz CT molecular complexity index is 830. The first-order chi connectivity index (χ1) is 11.2. The molecule has 116 valence electrons. The molecule has 3 rings (SSSR count). The van der Waals surface area contributed by atoms with Crippen molar-refractivity contribution < 1.29 is 18.8 Å². The van der Waals surface area contributed by atoms with Gasteiger partial charge in [-0.1, -0.05) is 11.2 Å². The lowest BCUT2D eigenvalue weighted by Crippen LogP contribution is -2.02. The molecule has 0 amide bonds. The molecule has 2 aromatic heterocycles. The first-order valence-electron chi connectivity index (χ1n) is 6.74. The quantitative estimate of drug-likeness (QED) is 0.684. The van der Waals surface area contributed by atoms with Crippen molar-refractivity contribution in [3.63, 3.8) is 0 Å². The largest absolute Gasteiger partial charge is 0.496 e. The van der Waals surface area contributed by atoms with Crippen molar-refractivity contribution in [1.29, 1.82) is 0 Å². The van der Waals surface area contributed by atoms with Gasteiger partial charge >= 0.3 is 5.97 Å². The molecule has 3 aromatic rings. The molecule has 0 unspecified atom stereocenters. The van der Waals surface area contributed by atoms with Crippen LogP contribution in [0.5, 0.6) is 5.75 Å². The molecular weight excluding hydrogens is 298 g/mol. The van der Waals surface area contributed by atoms with Gasteiger partial charge in [-0.15, -0.1) is 0 Å². The summed E-state index contributed by atoms with van der Waals surface area (Å²) in [6.45, 7) is 0. The molecular formula is C16H13N3O4. The van der Waals surface area contributed by atoms with Crippen molar-refractivity contribution in [3.8, 4) is 28.7 Å². The summed E-state index contributed by atoms with van der Waals surface area (Å²) >= 11 is 0. The average molecular weight is 311 g/mol. The maximum atomic E-state index is 11.7. The van der Waals surface area contributed by atoms with Gasteiger partial charge in [0, 0.05) is 6.20 Å². The summed E-state index contributed by atoms with van der Waals surface area (Å²) in [7, 11) is 2.84. The van der Waals surface area contributed by atoms with E-state index in [4.69, 9.17) is 14.0 Å². The lowest BCUT2D eigenvalue weighted by Gasteiger charge is -2.06. The van der Waals surface area contributed by atoms with Crippen LogP contribution in [0.3, 0.4) is 0 Å². The minimum Gasteiger partial charge on any atom is -0.496 e. The van der Waals surface area contributed by atoms with Crippen LogP contribution in [0.4, 0.5) is 0 Å². The van der Waals surface area contributed by atoms with E-state index in [9.17, 15) is 4.79 Å². The summed E-state index contributed by atoms with van der Waals surface area (Å²) < 4.78 is 15.3. The van der Waals surface area contributed by atoms with Crippen molar-refractivity contribution >= 4 is 5.97 Å². The Balaban J connectivity index is 2.04.